The number of anilines is 1. The first-order valence-electron chi connectivity index (χ1n) is 7.90. The van der Waals surface area contributed by atoms with Gasteiger partial charge >= 0.3 is 0 Å². The van der Waals surface area contributed by atoms with Crippen molar-refractivity contribution in [3.8, 4) is 11.5 Å². The van der Waals surface area contributed by atoms with E-state index in [0.717, 1.165) is 0 Å². The molecule has 0 aliphatic carbocycles. The summed E-state index contributed by atoms with van der Waals surface area (Å²) in [7, 11) is -0.572. The van der Waals surface area contributed by atoms with Crippen LogP contribution >= 0.6 is 11.6 Å². The molecule has 0 aromatic heterocycles. The Bertz CT molecular complexity index is 919. The second-order valence-electron chi connectivity index (χ2n) is 5.32. The molecule has 0 aliphatic rings. The summed E-state index contributed by atoms with van der Waals surface area (Å²) in [5.74, 6) is 1.28. The van der Waals surface area contributed by atoms with E-state index in [0.29, 0.717) is 22.2 Å². The number of ether oxygens (including phenoxy) is 2. The number of nitrogens with zero attached hydrogens (tertiary/aromatic N) is 1. The van der Waals surface area contributed by atoms with Crippen LogP contribution < -0.4 is 25.2 Å². The Morgan fingerprint density at radius 3 is 2.56 bits per heavy atom. The molecule has 27 heavy (non-hydrogen) atoms. The van der Waals surface area contributed by atoms with E-state index in [1.807, 2.05) is 0 Å². The summed E-state index contributed by atoms with van der Waals surface area (Å²) in [5, 5.41) is 3.25. The fraction of sp³-hybridized carbons (Fsp3) is 0.235. The smallest absolute Gasteiger partial charge is 0.240 e. The van der Waals surface area contributed by atoms with E-state index >= 15 is 0 Å². The summed E-state index contributed by atoms with van der Waals surface area (Å²) >= 11 is 5.82. The number of nitrogens with one attached hydrogen (secondary N) is 2. The van der Waals surface area contributed by atoms with Gasteiger partial charge in [-0.1, -0.05) is 17.7 Å². The first-order chi connectivity index (χ1) is 12.9. The largest absolute Gasteiger partial charge is 0.493 e. The lowest BCUT2D eigenvalue weighted by Crippen LogP contribution is -2.28. The summed E-state index contributed by atoms with van der Waals surface area (Å²) < 4.78 is 37.1. The van der Waals surface area contributed by atoms with Crippen molar-refractivity contribution in [1.29, 1.82) is 0 Å². The van der Waals surface area contributed by atoms with Crippen molar-refractivity contribution in [3.05, 3.63) is 47.5 Å². The van der Waals surface area contributed by atoms with Gasteiger partial charge in [-0.05, 0) is 30.3 Å². The Morgan fingerprint density at radius 1 is 1.15 bits per heavy atom. The lowest BCUT2D eigenvalue weighted by Gasteiger charge is -2.11. The minimum Gasteiger partial charge on any atom is -0.493 e. The molecular weight excluding hydrogens is 392 g/mol. The molecule has 0 saturated carbocycles. The molecule has 146 valence electrons. The van der Waals surface area contributed by atoms with Crippen molar-refractivity contribution in [2.75, 3.05) is 32.6 Å². The van der Waals surface area contributed by atoms with Gasteiger partial charge in [-0.2, -0.15) is 0 Å². The highest BCUT2D eigenvalue weighted by Gasteiger charge is 2.13. The topological polar surface area (TPSA) is 115 Å². The molecule has 0 fully saturated rings. The van der Waals surface area contributed by atoms with Crippen LogP contribution in [0.1, 0.15) is 0 Å². The van der Waals surface area contributed by atoms with Crippen LogP contribution in [0.5, 0.6) is 11.5 Å². The van der Waals surface area contributed by atoms with Crippen LogP contribution in [0.4, 0.5) is 5.69 Å². The highest BCUT2D eigenvalue weighted by atomic mass is 35.5. The summed E-state index contributed by atoms with van der Waals surface area (Å²) in [6.07, 6.45) is 0. The van der Waals surface area contributed by atoms with Crippen molar-refractivity contribution >= 4 is 33.3 Å². The maximum Gasteiger partial charge on any atom is 0.240 e. The number of nitrogens with two attached hydrogens (primary N) is 1. The molecule has 2 aromatic rings. The molecule has 0 radical (unpaired) electrons. The third-order valence-electron chi connectivity index (χ3n) is 3.45. The summed E-state index contributed by atoms with van der Waals surface area (Å²) in [6, 6.07) is 11.2. The lowest BCUT2D eigenvalue weighted by atomic mass is 10.3. The molecule has 0 spiro atoms. The van der Waals surface area contributed by atoms with E-state index < -0.39 is 10.0 Å². The first-order valence-corrected chi connectivity index (χ1v) is 9.76. The van der Waals surface area contributed by atoms with Crippen LogP contribution in [0.25, 0.3) is 0 Å². The Morgan fingerprint density at radius 2 is 1.89 bits per heavy atom. The Labute approximate surface area is 163 Å². The van der Waals surface area contributed by atoms with E-state index in [-0.39, 0.29) is 23.9 Å². The minimum atomic E-state index is -3.65. The second-order valence-corrected chi connectivity index (χ2v) is 7.52. The van der Waals surface area contributed by atoms with Gasteiger partial charge in [0, 0.05) is 23.3 Å². The molecule has 4 N–H and O–H groups in total. The molecule has 2 rings (SSSR count). The van der Waals surface area contributed by atoms with Gasteiger partial charge in [-0.25, -0.2) is 13.1 Å². The molecule has 0 amide bonds. The summed E-state index contributed by atoms with van der Waals surface area (Å²) in [6.45, 7) is 0.245. The number of hydrogen-bond acceptors (Lipinski definition) is 5. The van der Waals surface area contributed by atoms with Gasteiger partial charge in [0.1, 0.15) is 0 Å². The maximum atomic E-state index is 12.2. The number of methoxy groups -OCH3 is 2. The van der Waals surface area contributed by atoms with Crippen LogP contribution in [0.2, 0.25) is 5.02 Å². The fourth-order valence-corrected chi connectivity index (χ4v) is 3.50. The quantitative estimate of drug-likeness (QED) is 0.347. The van der Waals surface area contributed by atoms with Gasteiger partial charge in [-0.15, -0.1) is 0 Å². The minimum absolute atomic E-state index is 0.0865. The predicted octanol–water partition coefficient (Wildman–Crippen LogP) is 2.06. The van der Waals surface area contributed by atoms with E-state index in [1.54, 1.807) is 37.4 Å². The third-order valence-corrected chi connectivity index (χ3v) is 5.14. The van der Waals surface area contributed by atoms with E-state index in [2.05, 4.69) is 15.0 Å². The Kier molecular flexibility index (Phi) is 7.28. The number of aliphatic imine (C=N–C) groups is 1. The van der Waals surface area contributed by atoms with Gasteiger partial charge in [-0.3, -0.25) is 4.99 Å². The zero-order chi connectivity index (χ0) is 19.9. The number of sulfonamides is 1. The van der Waals surface area contributed by atoms with Gasteiger partial charge in [0.25, 0.3) is 0 Å². The average Bonchev–Trinajstić information content (AvgIpc) is 2.65. The van der Waals surface area contributed by atoms with E-state index in [9.17, 15) is 8.42 Å². The SMILES string of the molecule is COc1ccc(NC(N)=NCCNS(=O)(=O)c2cccc(Cl)c2)cc1OC. The first kappa shape index (κ1) is 20.8. The number of guanidine groups is 1. The van der Waals surface area contributed by atoms with Gasteiger partial charge in [0.15, 0.2) is 17.5 Å². The van der Waals surface area contributed by atoms with E-state index in [4.69, 9.17) is 26.8 Å². The van der Waals surface area contributed by atoms with Crippen LogP contribution in [0.3, 0.4) is 0 Å². The monoisotopic (exact) mass is 412 g/mol. The molecule has 0 bridgehead atoms. The standard InChI is InChI=1S/C17H21ClN4O4S/c1-25-15-7-6-13(11-16(15)26-2)22-17(19)20-8-9-21-27(23,24)14-5-3-4-12(18)10-14/h3-7,10-11,21H,8-9H2,1-2H3,(H3,19,20,22). The highest BCUT2D eigenvalue weighted by molar-refractivity contribution is 7.89. The van der Waals surface area contributed by atoms with Crippen LogP contribution in [-0.4, -0.2) is 41.7 Å². The molecule has 0 saturated heterocycles. The van der Waals surface area contributed by atoms with Crippen molar-refractivity contribution < 1.29 is 17.9 Å². The zero-order valence-electron chi connectivity index (χ0n) is 14.9. The number of hydrogen-bond donors (Lipinski definition) is 3. The normalized spacial score (nSPS) is 11.9. The number of rotatable bonds is 8. The van der Waals surface area contributed by atoms with Crippen LogP contribution in [-0.2, 0) is 10.0 Å². The van der Waals surface area contributed by atoms with Crippen molar-refractivity contribution in [3.63, 3.8) is 0 Å². The molecule has 10 heteroatoms. The third kappa shape index (κ3) is 6.02. The number of halogens is 1. The van der Waals surface area contributed by atoms with Gasteiger partial charge in [0.05, 0.1) is 25.7 Å². The molecule has 0 atom stereocenters. The van der Waals surface area contributed by atoms with Crippen molar-refractivity contribution in [2.24, 2.45) is 10.7 Å². The molecule has 0 heterocycles. The van der Waals surface area contributed by atoms with Crippen LogP contribution in [0, 0.1) is 0 Å². The predicted molar refractivity (Wildman–Crippen MR) is 106 cm³/mol. The molecular formula is C17H21ClN4O4S. The Hall–Kier alpha value is -2.49. The molecule has 0 aliphatic heterocycles. The zero-order valence-corrected chi connectivity index (χ0v) is 16.5. The average molecular weight is 413 g/mol. The highest BCUT2D eigenvalue weighted by Crippen LogP contribution is 2.29. The molecule has 2 aromatic carbocycles. The van der Waals surface area contributed by atoms with Crippen LogP contribution in [0.15, 0.2) is 52.4 Å². The summed E-state index contributed by atoms with van der Waals surface area (Å²) in [4.78, 5) is 4.18. The maximum absolute atomic E-state index is 12.2. The van der Waals surface area contributed by atoms with E-state index in [1.165, 1.54) is 19.2 Å². The summed E-state index contributed by atoms with van der Waals surface area (Å²) in [5.41, 5.74) is 6.48. The van der Waals surface area contributed by atoms with Gasteiger partial charge < -0.3 is 20.5 Å². The molecule has 8 nitrogen and oxygen atoms in total. The fourth-order valence-electron chi connectivity index (χ4n) is 2.18. The lowest BCUT2D eigenvalue weighted by molar-refractivity contribution is 0.355. The number of benzene rings is 2. The van der Waals surface area contributed by atoms with Crippen molar-refractivity contribution in [1.82, 2.24) is 4.72 Å². The second kappa shape index (κ2) is 9.45. The molecule has 0 unspecified atom stereocenters. The Balaban J connectivity index is 1.91. The van der Waals surface area contributed by atoms with Crippen molar-refractivity contribution in [2.45, 2.75) is 4.90 Å². The van der Waals surface area contributed by atoms with Gasteiger partial charge in [0.2, 0.25) is 10.0 Å².